The second-order valence-electron chi connectivity index (χ2n) is 2.65. The Kier molecular flexibility index (Phi) is 4.19. The summed E-state index contributed by atoms with van der Waals surface area (Å²) in [6.07, 6.45) is 0. The van der Waals surface area contributed by atoms with Crippen molar-refractivity contribution in [3.05, 3.63) is 21.3 Å². The van der Waals surface area contributed by atoms with Gasteiger partial charge in [0.05, 0.1) is 24.9 Å². The molecule has 0 spiro atoms. The lowest BCUT2D eigenvalue weighted by molar-refractivity contribution is 0.0593. The number of esters is 1. The number of hydrogen-bond acceptors (Lipinski definition) is 4. The molecule has 0 fully saturated rings. The Labute approximate surface area is 102 Å². The Morgan fingerprint density at radius 3 is 2.33 bits per heavy atom. The minimum absolute atomic E-state index is 0.314. The van der Waals surface area contributed by atoms with Gasteiger partial charge in [0.25, 0.3) is 0 Å². The Balaban J connectivity index is 3.40. The molecule has 4 nitrogen and oxygen atoms in total. The highest BCUT2D eigenvalue weighted by Gasteiger charge is 2.21. The van der Waals surface area contributed by atoms with Crippen molar-refractivity contribution in [3.8, 4) is 11.5 Å². The smallest absolute Gasteiger partial charge is 0.345 e. The molecule has 0 heterocycles. The molecule has 0 bridgehead atoms. The second-order valence-corrected chi connectivity index (χ2v) is 3.81. The first-order chi connectivity index (χ1) is 7.15. The predicted molar refractivity (Wildman–Crippen MR) is 63.6 cm³/mol. The average molecular weight is 322 g/mol. The number of carbonyl (C=O) groups excluding carboxylic acids is 1. The third-order valence-electron chi connectivity index (χ3n) is 1.88. The minimum atomic E-state index is -0.470. The van der Waals surface area contributed by atoms with Crippen LogP contribution in [0, 0.1) is 3.57 Å². The van der Waals surface area contributed by atoms with E-state index in [4.69, 9.17) is 9.47 Å². The molecule has 0 amide bonds. The fourth-order valence-electron chi connectivity index (χ4n) is 1.20. The highest BCUT2D eigenvalue weighted by atomic mass is 127. The maximum atomic E-state index is 11.5. The molecule has 1 aromatic rings. The monoisotopic (exact) mass is 322 g/mol. The van der Waals surface area contributed by atoms with Crippen molar-refractivity contribution in [1.29, 1.82) is 0 Å². The van der Waals surface area contributed by atoms with Gasteiger partial charge in [-0.3, -0.25) is 0 Å². The molecule has 82 valence electrons. The zero-order valence-corrected chi connectivity index (χ0v) is 10.8. The van der Waals surface area contributed by atoms with Gasteiger partial charge >= 0.3 is 5.97 Å². The van der Waals surface area contributed by atoms with Gasteiger partial charge in [0.2, 0.25) is 0 Å². The summed E-state index contributed by atoms with van der Waals surface area (Å²) in [5.41, 5.74) is 0.314. The summed E-state index contributed by atoms with van der Waals surface area (Å²) in [5.74, 6) is 0.447. The van der Waals surface area contributed by atoms with Crippen LogP contribution in [-0.2, 0) is 4.74 Å². The van der Waals surface area contributed by atoms with Gasteiger partial charge in [0.15, 0.2) is 5.75 Å². The maximum Gasteiger partial charge on any atom is 0.345 e. The van der Waals surface area contributed by atoms with E-state index in [0.29, 0.717) is 17.1 Å². The number of ether oxygens (including phenoxy) is 3. The number of methoxy groups -OCH3 is 3. The Bertz CT molecular complexity index is 376. The van der Waals surface area contributed by atoms with Gasteiger partial charge in [-0.05, 0) is 34.7 Å². The SMILES string of the molecule is COC(=O)c1c(OC)ccc(I)c1OC. The standard InChI is InChI=1S/C10H11IO4/c1-13-7-5-4-6(11)9(14-2)8(7)10(12)15-3/h4-5H,1-3H3. The topological polar surface area (TPSA) is 44.8 Å². The first kappa shape index (κ1) is 12.1. The van der Waals surface area contributed by atoms with Crippen LogP contribution in [0.2, 0.25) is 0 Å². The molecule has 0 N–H and O–H groups in total. The van der Waals surface area contributed by atoms with Gasteiger partial charge < -0.3 is 14.2 Å². The Hall–Kier alpha value is -0.980. The van der Waals surface area contributed by atoms with Gasteiger partial charge in [0.1, 0.15) is 11.3 Å². The van der Waals surface area contributed by atoms with Crippen LogP contribution in [0.4, 0.5) is 0 Å². The second kappa shape index (κ2) is 5.20. The van der Waals surface area contributed by atoms with Crippen LogP contribution in [0.15, 0.2) is 12.1 Å². The fraction of sp³-hybridized carbons (Fsp3) is 0.300. The van der Waals surface area contributed by atoms with Crippen LogP contribution in [0.5, 0.6) is 11.5 Å². The summed E-state index contributed by atoms with van der Waals surface area (Å²) in [5, 5.41) is 0. The van der Waals surface area contributed by atoms with E-state index in [-0.39, 0.29) is 0 Å². The molecule has 0 atom stereocenters. The highest BCUT2D eigenvalue weighted by molar-refractivity contribution is 14.1. The number of carbonyl (C=O) groups is 1. The molecule has 0 saturated carbocycles. The molecular formula is C10H11IO4. The van der Waals surface area contributed by atoms with Crippen LogP contribution < -0.4 is 9.47 Å². The highest BCUT2D eigenvalue weighted by Crippen LogP contribution is 2.33. The quantitative estimate of drug-likeness (QED) is 0.631. The predicted octanol–water partition coefficient (Wildman–Crippen LogP) is 2.09. The molecule has 0 aliphatic carbocycles. The van der Waals surface area contributed by atoms with Crippen LogP contribution >= 0.6 is 22.6 Å². The number of halogens is 1. The van der Waals surface area contributed by atoms with Gasteiger partial charge in [-0.15, -0.1) is 0 Å². The van der Waals surface area contributed by atoms with Gasteiger partial charge in [-0.1, -0.05) is 0 Å². The Morgan fingerprint density at radius 1 is 1.20 bits per heavy atom. The van der Waals surface area contributed by atoms with Crippen LogP contribution in [-0.4, -0.2) is 27.3 Å². The van der Waals surface area contributed by atoms with Crippen molar-refractivity contribution in [1.82, 2.24) is 0 Å². The summed E-state index contributed by atoms with van der Waals surface area (Å²) < 4.78 is 15.7. The molecule has 0 aromatic heterocycles. The van der Waals surface area contributed by atoms with Crippen molar-refractivity contribution in [2.24, 2.45) is 0 Å². The van der Waals surface area contributed by atoms with E-state index in [1.165, 1.54) is 21.3 Å². The summed E-state index contributed by atoms with van der Waals surface area (Å²) in [7, 11) is 4.32. The van der Waals surface area contributed by atoms with Crippen LogP contribution in [0.1, 0.15) is 10.4 Å². The summed E-state index contributed by atoms with van der Waals surface area (Å²) >= 11 is 2.08. The van der Waals surface area contributed by atoms with Crippen molar-refractivity contribution >= 4 is 28.6 Å². The van der Waals surface area contributed by atoms with E-state index in [1.807, 2.05) is 6.07 Å². The number of hydrogen-bond donors (Lipinski definition) is 0. The van der Waals surface area contributed by atoms with Gasteiger partial charge in [-0.25, -0.2) is 4.79 Å². The van der Waals surface area contributed by atoms with Crippen molar-refractivity contribution in [2.45, 2.75) is 0 Å². The number of benzene rings is 1. The van der Waals surface area contributed by atoms with Gasteiger partial charge in [-0.2, -0.15) is 0 Å². The van der Waals surface area contributed by atoms with E-state index in [9.17, 15) is 4.79 Å². The van der Waals surface area contributed by atoms with E-state index < -0.39 is 5.97 Å². The van der Waals surface area contributed by atoms with E-state index in [0.717, 1.165) is 3.57 Å². The molecule has 0 radical (unpaired) electrons. The fourth-order valence-corrected chi connectivity index (χ4v) is 1.87. The van der Waals surface area contributed by atoms with Gasteiger partial charge in [0, 0.05) is 0 Å². The summed E-state index contributed by atoms with van der Waals surface area (Å²) in [4.78, 5) is 11.5. The van der Waals surface area contributed by atoms with Crippen LogP contribution in [0.3, 0.4) is 0 Å². The summed E-state index contributed by atoms with van der Waals surface area (Å²) in [6, 6.07) is 3.52. The molecule has 0 aliphatic rings. The molecular weight excluding hydrogens is 311 g/mol. The lowest BCUT2D eigenvalue weighted by atomic mass is 10.2. The third kappa shape index (κ3) is 2.34. The molecule has 0 unspecified atom stereocenters. The molecule has 0 aliphatic heterocycles. The average Bonchev–Trinajstić information content (AvgIpc) is 2.27. The largest absolute Gasteiger partial charge is 0.496 e. The lowest BCUT2D eigenvalue weighted by Gasteiger charge is -2.12. The van der Waals surface area contributed by atoms with E-state index >= 15 is 0 Å². The Morgan fingerprint density at radius 2 is 1.87 bits per heavy atom. The summed E-state index contributed by atoms with van der Waals surface area (Å²) in [6.45, 7) is 0. The zero-order chi connectivity index (χ0) is 11.4. The van der Waals surface area contributed by atoms with Crippen molar-refractivity contribution in [2.75, 3.05) is 21.3 Å². The van der Waals surface area contributed by atoms with Crippen molar-refractivity contribution in [3.63, 3.8) is 0 Å². The van der Waals surface area contributed by atoms with Crippen molar-refractivity contribution < 1.29 is 19.0 Å². The molecule has 0 saturated heterocycles. The molecule has 1 aromatic carbocycles. The first-order valence-electron chi connectivity index (χ1n) is 4.14. The lowest BCUT2D eigenvalue weighted by Crippen LogP contribution is -2.07. The minimum Gasteiger partial charge on any atom is -0.496 e. The first-order valence-corrected chi connectivity index (χ1v) is 5.22. The molecule has 1 rings (SSSR count). The molecule has 5 heteroatoms. The van der Waals surface area contributed by atoms with E-state index in [1.54, 1.807) is 6.07 Å². The molecule has 15 heavy (non-hydrogen) atoms. The zero-order valence-electron chi connectivity index (χ0n) is 8.67. The normalized spacial score (nSPS) is 9.60. The van der Waals surface area contributed by atoms with Crippen LogP contribution in [0.25, 0.3) is 0 Å². The third-order valence-corrected chi connectivity index (χ3v) is 2.73. The maximum absolute atomic E-state index is 11.5. The van der Waals surface area contributed by atoms with E-state index in [2.05, 4.69) is 27.3 Å². The number of rotatable bonds is 3.